The standard InChI is InChI=1S/C13H10Cl2O2/c14-10-5-3-9(4-6-10)12(13(15)16)8-11-2-1-7-17-11/h1-7,12H,8H2. The third kappa shape index (κ3) is 3.11. The van der Waals surface area contributed by atoms with Crippen molar-refractivity contribution < 1.29 is 9.21 Å². The third-order valence-electron chi connectivity index (χ3n) is 2.53. The van der Waals surface area contributed by atoms with Gasteiger partial charge in [0.2, 0.25) is 5.24 Å². The Hall–Kier alpha value is -1.25. The molecule has 2 aromatic rings. The van der Waals surface area contributed by atoms with Crippen LogP contribution >= 0.6 is 23.2 Å². The first kappa shape index (κ1) is 12.2. The number of carbonyl (C=O) groups is 1. The number of carbonyl (C=O) groups excluding carboxylic acids is 1. The largest absolute Gasteiger partial charge is 0.469 e. The molecule has 0 spiro atoms. The predicted octanol–water partition coefficient (Wildman–Crippen LogP) is 4.02. The van der Waals surface area contributed by atoms with Crippen molar-refractivity contribution in [3.05, 3.63) is 59.0 Å². The molecule has 0 N–H and O–H groups in total. The topological polar surface area (TPSA) is 30.2 Å². The molecular weight excluding hydrogens is 259 g/mol. The Labute approximate surface area is 109 Å². The number of halogens is 2. The van der Waals surface area contributed by atoms with Crippen LogP contribution in [0.25, 0.3) is 0 Å². The van der Waals surface area contributed by atoms with Gasteiger partial charge >= 0.3 is 0 Å². The van der Waals surface area contributed by atoms with Crippen LogP contribution in [0.5, 0.6) is 0 Å². The fourth-order valence-electron chi connectivity index (χ4n) is 1.65. The van der Waals surface area contributed by atoms with E-state index in [9.17, 15) is 4.79 Å². The first-order valence-corrected chi connectivity index (χ1v) is 5.89. The maximum Gasteiger partial charge on any atom is 0.229 e. The summed E-state index contributed by atoms with van der Waals surface area (Å²) in [7, 11) is 0. The van der Waals surface area contributed by atoms with Crippen LogP contribution in [0.4, 0.5) is 0 Å². The van der Waals surface area contributed by atoms with E-state index in [4.69, 9.17) is 27.6 Å². The van der Waals surface area contributed by atoms with Crippen LogP contribution in [0.2, 0.25) is 5.02 Å². The van der Waals surface area contributed by atoms with E-state index in [-0.39, 0.29) is 0 Å². The Morgan fingerprint density at radius 2 is 1.94 bits per heavy atom. The Morgan fingerprint density at radius 1 is 1.24 bits per heavy atom. The molecule has 0 amide bonds. The number of hydrogen-bond acceptors (Lipinski definition) is 2. The van der Waals surface area contributed by atoms with Gasteiger partial charge in [0.25, 0.3) is 0 Å². The van der Waals surface area contributed by atoms with Crippen LogP contribution in [0.3, 0.4) is 0 Å². The summed E-state index contributed by atoms with van der Waals surface area (Å²) in [6, 6.07) is 10.7. The maximum atomic E-state index is 11.4. The summed E-state index contributed by atoms with van der Waals surface area (Å²) in [6.07, 6.45) is 2.03. The second kappa shape index (κ2) is 5.39. The summed E-state index contributed by atoms with van der Waals surface area (Å²) in [6.45, 7) is 0. The van der Waals surface area contributed by atoms with Crippen LogP contribution < -0.4 is 0 Å². The third-order valence-corrected chi connectivity index (χ3v) is 3.05. The number of rotatable bonds is 4. The van der Waals surface area contributed by atoms with E-state index < -0.39 is 11.2 Å². The molecule has 0 aliphatic carbocycles. The number of benzene rings is 1. The van der Waals surface area contributed by atoms with Gasteiger partial charge in [-0.2, -0.15) is 0 Å². The lowest BCUT2D eigenvalue weighted by Crippen LogP contribution is -2.09. The van der Waals surface area contributed by atoms with Crippen molar-refractivity contribution >= 4 is 28.4 Å². The van der Waals surface area contributed by atoms with Crippen molar-refractivity contribution in [1.29, 1.82) is 0 Å². The smallest absolute Gasteiger partial charge is 0.229 e. The number of hydrogen-bond donors (Lipinski definition) is 0. The van der Waals surface area contributed by atoms with Crippen LogP contribution in [-0.2, 0) is 11.2 Å². The first-order chi connectivity index (χ1) is 8.16. The van der Waals surface area contributed by atoms with Crippen molar-refractivity contribution in [3.8, 4) is 0 Å². The van der Waals surface area contributed by atoms with Gasteiger partial charge in [-0.05, 0) is 41.4 Å². The Kier molecular flexibility index (Phi) is 3.87. The molecule has 17 heavy (non-hydrogen) atoms. The normalized spacial score (nSPS) is 12.4. The molecule has 2 nitrogen and oxygen atoms in total. The molecule has 0 bridgehead atoms. The van der Waals surface area contributed by atoms with Crippen molar-refractivity contribution in [2.24, 2.45) is 0 Å². The second-order valence-corrected chi connectivity index (χ2v) is 4.50. The molecule has 1 aromatic heterocycles. The van der Waals surface area contributed by atoms with E-state index in [0.717, 1.165) is 11.3 Å². The van der Waals surface area contributed by atoms with E-state index in [1.807, 2.05) is 6.07 Å². The van der Waals surface area contributed by atoms with Gasteiger partial charge in [-0.25, -0.2) is 0 Å². The average Bonchev–Trinajstić information content (AvgIpc) is 2.80. The van der Waals surface area contributed by atoms with Crippen molar-refractivity contribution in [2.75, 3.05) is 0 Å². The van der Waals surface area contributed by atoms with E-state index >= 15 is 0 Å². The molecule has 1 aromatic carbocycles. The quantitative estimate of drug-likeness (QED) is 0.784. The molecule has 0 radical (unpaired) electrons. The average molecular weight is 269 g/mol. The molecule has 88 valence electrons. The SMILES string of the molecule is O=C(Cl)C(Cc1ccco1)c1ccc(Cl)cc1. The molecule has 2 rings (SSSR count). The summed E-state index contributed by atoms with van der Waals surface area (Å²) >= 11 is 11.4. The van der Waals surface area contributed by atoms with E-state index in [1.165, 1.54) is 0 Å². The zero-order valence-electron chi connectivity index (χ0n) is 8.90. The minimum Gasteiger partial charge on any atom is -0.469 e. The molecule has 1 unspecified atom stereocenters. The van der Waals surface area contributed by atoms with Crippen LogP contribution in [0.1, 0.15) is 17.2 Å². The van der Waals surface area contributed by atoms with Gasteiger partial charge in [0.05, 0.1) is 12.2 Å². The van der Waals surface area contributed by atoms with E-state index in [2.05, 4.69) is 0 Å². The molecule has 1 heterocycles. The van der Waals surface area contributed by atoms with Gasteiger partial charge < -0.3 is 4.42 Å². The summed E-state index contributed by atoms with van der Waals surface area (Å²) in [5.74, 6) is 0.332. The predicted molar refractivity (Wildman–Crippen MR) is 67.5 cm³/mol. The minimum absolute atomic E-state index is 0.399. The van der Waals surface area contributed by atoms with E-state index in [0.29, 0.717) is 11.4 Å². The minimum atomic E-state index is -0.403. The van der Waals surface area contributed by atoms with Gasteiger partial charge in [-0.3, -0.25) is 4.79 Å². The number of furan rings is 1. The van der Waals surface area contributed by atoms with Gasteiger partial charge in [0.15, 0.2) is 0 Å². The highest BCUT2D eigenvalue weighted by atomic mass is 35.5. The molecule has 4 heteroatoms. The second-order valence-electron chi connectivity index (χ2n) is 3.69. The summed E-state index contributed by atoms with van der Waals surface area (Å²) in [5.41, 5.74) is 0.839. The van der Waals surface area contributed by atoms with Crippen LogP contribution in [-0.4, -0.2) is 5.24 Å². The molecule has 1 atom stereocenters. The zero-order chi connectivity index (χ0) is 12.3. The fourth-order valence-corrected chi connectivity index (χ4v) is 1.98. The fraction of sp³-hybridized carbons (Fsp3) is 0.154. The highest BCUT2D eigenvalue weighted by Gasteiger charge is 2.20. The van der Waals surface area contributed by atoms with Crippen molar-refractivity contribution in [2.45, 2.75) is 12.3 Å². The van der Waals surface area contributed by atoms with Gasteiger partial charge in [0, 0.05) is 11.4 Å². The van der Waals surface area contributed by atoms with Crippen LogP contribution in [0, 0.1) is 0 Å². The molecule has 0 fully saturated rings. The summed E-state index contributed by atoms with van der Waals surface area (Å²) < 4.78 is 5.22. The van der Waals surface area contributed by atoms with Crippen LogP contribution in [0.15, 0.2) is 47.1 Å². The lowest BCUT2D eigenvalue weighted by Gasteiger charge is -2.11. The Balaban J connectivity index is 2.23. The first-order valence-electron chi connectivity index (χ1n) is 5.14. The molecule has 0 aliphatic heterocycles. The van der Waals surface area contributed by atoms with Gasteiger partial charge in [-0.15, -0.1) is 0 Å². The monoisotopic (exact) mass is 268 g/mol. The molecule has 0 saturated carbocycles. The Bertz CT molecular complexity index is 489. The summed E-state index contributed by atoms with van der Waals surface area (Å²) in [4.78, 5) is 11.4. The lowest BCUT2D eigenvalue weighted by molar-refractivity contribution is -0.113. The van der Waals surface area contributed by atoms with Crippen molar-refractivity contribution in [1.82, 2.24) is 0 Å². The summed E-state index contributed by atoms with van der Waals surface area (Å²) in [5, 5.41) is 0.233. The van der Waals surface area contributed by atoms with E-state index in [1.54, 1.807) is 36.6 Å². The Morgan fingerprint density at radius 3 is 2.47 bits per heavy atom. The molecule has 0 aliphatic rings. The zero-order valence-corrected chi connectivity index (χ0v) is 10.4. The highest BCUT2D eigenvalue weighted by molar-refractivity contribution is 6.64. The lowest BCUT2D eigenvalue weighted by atomic mass is 9.96. The maximum absolute atomic E-state index is 11.4. The van der Waals surface area contributed by atoms with Crippen molar-refractivity contribution in [3.63, 3.8) is 0 Å². The molecule has 0 saturated heterocycles. The van der Waals surface area contributed by atoms with Gasteiger partial charge in [-0.1, -0.05) is 23.7 Å². The molecular formula is C13H10Cl2O2. The highest BCUT2D eigenvalue weighted by Crippen LogP contribution is 2.25. The van der Waals surface area contributed by atoms with Gasteiger partial charge in [0.1, 0.15) is 5.76 Å².